The van der Waals surface area contributed by atoms with Crippen LogP contribution in [0.5, 0.6) is 0 Å². The molecule has 2 unspecified atom stereocenters. The average molecular weight is 524 g/mol. The number of aromatic nitrogens is 3. The molecule has 1 aliphatic heterocycles. The normalized spacial score (nSPS) is 15.3. The number of carbonyl (C=O) groups is 2. The van der Waals surface area contributed by atoms with Gasteiger partial charge < -0.3 is 30.3 Å². The monoisotopic (exact) mass is 523 g/mol. The summed E-state index contributed by atoms with van der Waals surface area (Å²) in [5, 5.41) is 39.4. The van der Waals surface area contributed by atoms with Gasteiger partial charge in [-0.05, 0) is 66.8 Å². The molecule has 0 fully saturated rings. The summed E-state index contributed by atoms with van der Waals surface area (Å²) in [6.07, 6.45) is -1.77. The van der Waals surface area contributed by atoms with Crippen LogP contribution >= 0.6 is 24.4 Å². The van der Waals surface area contributed by atoms with Crippen LogP contribution in [0.2, 0.25) is 0 Å². The number of nitrogens with zero attached hydrogens (tertiary/aromatic N) is 2. The number of β-amino-alcohol motifs (C(OH)–C–C–N with tert-alkyl or cyclic N) is 1. The number of aliphatic carboxylic acids is 1. The van der Waals surface area contributed by atoms with Gasteiger partial charge in [-0.25, -0.2) is 0 Å². The van der Waals surface area contributed by atoms with Crippen LogP contribution in [0.25, 0.3) is 5.69 Å². The van der Waals surface area contributed by atoms with E-state index in [1.807, 2.05) is 11.0 Å². The van der Waals surface area contributed by atoms with E-state index in [0.29, 0.717) is 40.3 Å². The Balaban J connectivity index is 0.00000342. The maximum atomic E-state index is 12.5. The zero-order chi connectivity index (χ0) is 24.4. The summed E-state index contributed by atoms with van der Waals surface area (Å²) in [6.45, 7) is 0.842. The molecule has 1 aromatic heterocycles. The number of fused-ring (bicyclic) bond motifs is 1. The fourth-order valence-electron chi connectivity index (χ4n) is 3.97. The standard InChI is InChI=1S/C22H23N5O5S2.Na/c28-17-11-26(16-7-6-12(9-15(16)17)19(30)20(31)32)8-2-5-18(29)23-13-3-1-4-14(10-13)27-21(33)24-25-22(27)34;/h1,3-4,6-7,9-10,17,19,28,30H,2,5,8,11H2,(H,23,29)(H,24,33)(H,25,34)(H,31,32);/q;+1/p-1. The Morgan fingerprint density at radius 1 is 1.17 bits per heavy atom. The topological polar surface area (TPSA) is 149 Å². The molecule has 2 atom stereocenters. The van der Waals surface area contributed by atoms with Gasteiger partial charge in [0.25, 0.3) is 0 Å². The van der Waals surface area contributed by atoms with E-state index in [0.717, 1.165) is 11.4 Å². The minimum Gasteiger partial charge on any atom is -0.547 e. The maximum absolute atomic E-state index is 12.5. The van der Waals surface area contributed by atoms with Crippen LogP contribution in [0.1, 0.15) is 36.2 Å². The van der Waals surface area contributed by atoms with Gasteiger partial charge in [-0.2, -0.15) is 0 Å². The summed E-state index contributed by atoms with van der Waals surface area (Å²) in [4.78, 5) is 25.3. The molecular weight excluding hydrogens is 501 g/mol. The number of carbonyl (C=O) groups excluding carboxylic acids is 2. The fourth-order valence-corrected chi connectivity index (χ4v) is 4.53. The van der Waals surface area contributed by atoms with Gasteiger partial charge >= 0.3 is 29.6 Å². The second kappa shape index (κ2) is 11.6. The Morgan fingerprint density at radius 3 is 2.57 bits per heavy atom. The molecule has 35 heavy (non-hydrogen) atoms. The van der Waals surface area contributed by atoms with E-state index in [2.05, 4.69) is 15.5 Å². The number of amides is 1. The Bertz CT molecular complexity index is 1330. The zero-order valence-electron chi connectivity index (χ0n) is 18.9. The van der Waals surface area contributed by atoms with Crippen LogP contribution in [-0.4, -0.2) is 49.9 Å². The Morgan fingerprint density at radius 2 is 1.89 bits per heavy atom. The smallest absolute Gasteiger partial charge is 0.547 e. The molecule has 13 heteroatoms. The summed E-state index contributed by atoms with van der Waals surface area (Å²) in [6, 6.07) is 11.8. The molecule has 4 rings (SSSR count). The van der Waals surface area contributed by atoms with Crippen LogP contribution in [0, 0.1) is 9.54 Å². The van der Waals surface area contributed by atoms with Crippen LogP contribution in [0.15, 0.2) is 42.5 Å². The molecule has 0 aliphatic carbocycles. The number of aliphatic hydroxyl groups excluding tert-OH is 2. The van der Waals surface area contributed by atoms with Crippen molar-refractivity contribution in [2.45, 2.75) is 25.0 Å². The molecule has 3 aromatic rings. The molecule has 0 bridgehead atoms. The van der Waals surface area contributed by atoms with Crippen molar-refractivity contribution in [2.24, 2.45) is 0 Å². The van der Waals surface area contributed by atoms with Gasteiger partial charge in [0.15, 0.2) is 9.54 Å². The van der Waals surface area contributed by atoms with Crippen LogP contribution < -0.4 is 44.9 Å². The molecule has 1 aliphatic rings. The number of carboxylic acids is 1. The number of rotatable bonds is 8. The molecule has 0 saturated heterocycles. The van der Waals surface area contributed by atoms with Crippen LogP contribution in [0.4, 0.5) is 11.4 Å². The predicted octanol–water partition coefficient (Wildman–Crippen LogP) is -1.35. The number of benzene rings is 2. The van der Waals surface area contributed by atoms with Crippen molar-refractivity contribution in [3.05, 3.63) is 63.1 Å². The first-order valence-electron chi connectivity index (χ1n) is 10.5. The first-order valence-corrected chi connectivity index (χ1v) is 11.3. The molecule has 178 valence electrons. The summed E-state index contributed by atoms with van der Waals surface area (Å²) >= 11 is 10.4. The second-order valence-corrected chi connectivity index (χ2v) is 8.67. The van der Waals surface area contributed by atoms with E-state index >= 15 is 0 Å². The number of carboxylic acid groups (broad SMARTS) is 1. The van der Waals surface area contributed by atoms with Gasteiger partial charge in [0.2, 0.25) is 5.91 Å². The van der Waals surface area contributed by atoms with Crippen molar-refractivity contribution in [1.29, 1.82) is 0 Å². The number of hydrogen-bond acceptors (Lipinski definition) is 8. The van der Waals surface area contributed by atoms with Gasteiger partial charge in [-0.15, -0.1) is 0 Å². The fraction of sp³-hybridized carbons (Fsp3) is 0.273. The van der Waals surface area contributed by atoms with E-state index in [9.17, 15) is 24.9 Å². The maximum Gasteiger partial charge on any atom is 1.00 e. The van der Waals surface area contributed by atoms with Gasteiger partial charge in [-0.1, -0.05) is 12.1 Å². The van der Waals surface area contributed by atoms with Crippen molar-refractivity contribution in [3.8, 4) is 5.69 Å². The first-order chi connectivity index (χ1) is 16.2. The number of aromatic amines is 2. The average Bonchev–Trinajstić information content (AvgIpc) is 3.31. The third-order valence-corrected chi connectivity index (χ3v) is 6.16. The number of nitrogens with one attached hydrogen (secondary N) is 3. The Labute approximate surface area is 232 Å². The minimum absolute atomic E-state index is 0. The molecule has 1 amide bonds. The van der Waals surface area contributed by atoms with Gasteiger partial charge in [0, 0.05) is 36.4 Å². The molecule has 5 N–H and O–H groups in total. The van der Waals surface area contributed by atoms with Gasteiger partial charge in [0.1, 0.15) is 6.10 Å². The van der Waals surface area contributed by atoms with E-state index in [-0.39, 0.29) is 47.4 Å². The third-order valence-electron chi connectivity index (χ3n) is 5.59. The van der Waals surface area contributed by atoms with E-state index in [4.69, 9.17) is 24.4 Å². The largest absolute Gasteiger partial charge is 1.00 e. The molecule has 10 nitrogen and oxygen atoms in total. The minimum atomic E-state index is -1.75. The van der Waals surface area contributed by atoms with E-state index in [1.54, 1.807) is 28.8 Å². The number of H-pyrrole nitrogens is 2. The zero-order valence-corrected chi connectivity index (χ0v) is 22.5. The van der Waals surface area contributed by atoms with E-state index in [1.165, 1.54) is 12.1 Å². The van der Waals surface area contributed by atoms with Crippen molar-refractivity contribution in [2.75, 3.05) is 23.3 Å². The van der Waals surface area contributed by atoms with Crippen molar-refractivity contribution in [1.82, 2.24) is 14.8 Å². The number of anilines is 2. The van der Waals surface area contributed by atoms with Crippen molar-refractivity contribution < 1.29 is 54.5 Å². The number of hydrogen-bond donors (Lipinski definition) is 5. The first kappa shape index (κ1) is 27.3. The molecule has 2 heterocycles. The molecular formula is C22H22N5NaO5S2. The van der Waals surface area contributed by atoms with Crippen LogP contribution in [-0.2, 0) is 9.59 Å². The summed E-state index contributed by atoms with van der Waals surface area (Å²) in [5.41, 5.74) is 2.77. The summed E-state index contributed by atoms with van der Waals surface area (Å²) < 4.78 is 2.49. The predicted molar refractivity (Wildman–Crippen MR) is 128 cm³/mol. The van der Waals surface area contributed by atoms with Gasteiger partial charge in [-0.3, -0.25) is 19.6 Å². The van der Waals surface area contributed by atoms with Crippen molar-refractivity contribution in [3.63, 3.8) is 0 Å². The molecule has 0 saturated carbocycles. The van der Waals surface area contributed by atoms with Crippen LogP contribution in [0.3, 0.4) is 0 Å². The number of aliphatic hydroxyl groups is 2. The van der Waals surface area contributed by atoms with Gasteiger partial charge in [0.05, 0.1) is 17.8 Å². The Kier molecular flexibility index (Phi) is 9.05. The molecule has 0 spiro atoms. The Hall–Kier alpha value is -2.32. The summed E-state index contributed by atoms with van der Waals surface area (Å²) in [7, 11) is 0. The van der Waals surface area contributed by atoms with Crippen molar-refractivity contribution >= 4 is 47.7 Å². The summed E-state index contributed by atoms with van der Waals surface area (Å²) in [5.74, 6) is -1.76. The SMILES string of the molecule is O=C(CCCN1CC(O)c2cc(C(O)C(=O)[O-])ccc21)Nc1cccc(-n2c(=S)[nH][nH]c2=S)c1.[Na+]. The third kappa shape index (κ3) is 6.09. The molecule has 0 radical (unpaired) electrons. The molecule has 2 aromatic carbocycles. The second-order valence-electron chi connectivity index (χ2n) is 7.90. The quantitative estimate of drug-likeness (QED) is 0.180. The van der Waals surface area contributed by atoms with E-state index < -0.39 is 18.2 Å².